The molecule has 0 unspecified atom stereocenters. The second-order valence-corrected chi connectivity index (χ2v) is 14.9. The van der Waals surface area contributed by atoms with Gasteiger partial charge >= 0.3 is 0 Å². The minimum Gasteiger partial charge on any atom is -0.226 e. The van der Waals surface area contributed by atoms with Crippen molar-refractivity contribution >= 4 is 31.6 Å². The Hall–Kier alpha value is -6.94. The molecule has 0 saturated carbocycles. The summed E-state index contributed by atoms with van der Waals surface area (Å²) in [5, 5.41) is 1.16. The number of hydrogen-bond acceptors (Lipinski definition) is 3. The van der Waals surface area contributed by atoms with Gasteiger partial charge in [0, 0.05) is 21.2 Å². The number of nitrogens with zero attached hydrogens (tertiary/aromatic N) is 2. The zero-order valence-corrected chi connectivity index (χ0v) is 30.7. The minimum absolute atomic E-state index is 0.722. The van der Waals surface area contributed by atoms with Crippen LogP contribution < -0.4 is 0 Å². The molecule has 2 nitrogen and oxygen atoms in total. The third-order valence-corrected chi connectivity index (χ3v) is 11.4. The molecule has 8 aromatic carbocycles. The summed E-state index contributed by atoms with van der Waals surface area (Å²) in [6.07, 6.45) is 0. The molecule has 0 spiro atoms. The molecule has 258 valence electrons. The molecule has 0 fully saturated rings. The normalized spacial score (nSPS) is 11.3. The van der Waals surface area contributed by atoms with Crippen molar-refractivity contribution in [3.8, 4) is 78.3 Å². The van der Waals surface area contributed by atoms with E-state index < -0.39 is 0 Å². The Kier molecular flexibility index (Phi) is 8.40. The molecule has 0 aliphatic rings. The monoisotopic (exact) mass is 718 g/mol. The molecule has 0 N–H and O–H groups in total. The molecule has 0 aliphatic carbocycles. The summed E-state index contributed by atoms with van der Waals surface area (Å²) in [6, 6.07) is 73.5. The Bertz CT molecular complexity index is 2890. The predicted molar refractivity (Wildman–Crippen MR) is 233 cm³/mol. The van der Waals surface area contributed by atoms with Crippen molar-refractivity contribution in [2.24, 2.45) is 0 Å². The third kappa shape index (κ3) is 6.41. The lowest BCUT2D eigenvalue weighted by Crippen LogP contribution is -1.94. The zero-order chi connectivity index (χ0) is 36.6. The maximum atomic E-state index is 5.32. The lowest BCUT2D eigenvalue weighted by atomic mass is 9.92. The van der Waals surface area contributed by atoms with E-state index in [1.54, 1.807) is 11.3 Å². The van der Waals surface area contributed by atoms with E-state index in [1.165, 1.54) is 49.2 Å². The van der Waals surface area contributed by atoms with Gasteiger partial charge < -0.3 is 0 Å². The van der Waals surface area contributed by atoms with Gasteiger partial charge in [-0.3, -0.25) is 0 Å². The molecular formula is C52H34N2S. The molecular weight excluding hydrogens is 685 g/mol. The van der Waals surface area contributed by atoms with Crippen molar-refractivity contribution in [2.75, 3.05) is 0 Å². The summed E-state index contributed by atoms with van der Waals surface area (Å²) >= 11 is 1.76. The lowest BCUT2D eigenvalue weighted by Gasteiger charge is -2.13. The topological polar surface area (TPSA) is 25.8 Å². The molecule has 0 aliphatic heterocycles. The van der Waals surface area contributed by atoms with Crippen molar-refractivity contribution in [1.82, 2.24) is 9.97 Å². The van der Waals surface area contributed by atoms with Crippen LogP contribution in [-0.2, 0) is 0 Å². The zero-order valence-electron chi connectivity index (χ0n) is 29.9. The molecule has 2 heterocycles. The molecule has 10 aromatic rings. The molecule has 2 aromatic heterocycles. The Morgan fingerprint density at radius 3 is 1.29 bits per heavy atom. The Morgan fingerprint density at radius 2 is 0.691 bits per heavy atom. The van der Waals surface area contributed by atoms with Gasteiger partial charge in [-0.1, -0.05) is 170 Å². The van der Waals surface area contributed by atoms with E-state index >= 15 is 0 Å². The average Bonchev–Trinajstić information content (AvgIpc) is 3.66. The van der Waals surface area contributed by atoms with Gasteiger partial charge in [0.15, 0.2) is 5.82 Å². The summed E-state index contributed by atoms with van der Waals surface area (Å²) in [5.41, 5.74) is 15.8. The number of thiophene rings is 1. The number of benzene rings is 8. The Labute approximate surface area is 324 Å². The van der Waals surface area contributed by atoms with Crippen LogP contribution in [0.25, 0.3) is 98.6 Å². The summed E-state index contributed by atoms with van der Waals surface area (Å²) in [5.74, 6) is 0.722. The summed E-state index contributed by atoms with van der Waals surface area (Å²) in [7, 11) is 0. The van der Waals surface area contributed by atoms with Crippen LogP contribution in [0.5, 0.6) is 0 Å². The number of rotatable bonds is 7. The Morgan fingerprint density at radius 1 is 0.291 bits per heavy atom. The van der Waals surface area contributed by atoms with Crippen LogP contribution >= 0.6 is 11.3 Å². The van der Waals surface area contributed by atoms with Crippen LogP contribution in [0.15, 0.2) is 206 Å². The fourth-order valence-corrected chi connectivity index (χ4v) is 8.63. The van der Waals surface area contributed by atoms with E-state index in [-0.39, 0.29) is 0 Å². The van der Waals surface area contributed by atoms with E-state index in [0.717, 1.165) is 49.4 Å². The van der Waals surface area contributed by atoms with Crippen LogP contribution in [0.3, 0.4) is 0 Å². The van der Waals surface area contributed by atoms with Crippen molar-refractivity contribution in [3.05, 3.63) is 206 Å². The smallest absolute Gasteiger partial charge is 0.160 e. The molecule has 0 bridgehead atoms. The lowest BCUT2D eigenvalue weighted by molar-refractivity contribution is 1.24. The number of hydrogen-bond donors (Lipinski definition) is 0. The minimum atomic E-state index is 0.722. The van der Waals surface area contributed by atoms with Crippen molar-refractivity contribution in [3.63, 3.8) is 0 Å². The first-order valence-corrected chi connectivity index (χ1v) is 19.4. The molecule has 0 atom stereocenters. The molecule has 3 heteroatoms. The number of fused-ring (bicyclic) bond motifs is 3. The third-order valence-electron chi connectivity index (χ3n) is 10.3. The highest BCUT2D eigenvalue weighted by Crippen LogP contribution is 2.40. The summed E-state index contributed by atoms with van der Waals surface area (Å²) in [4.78, 5) is 10.6. The van der Waals surface area contributed by atoms with Gasteiger partial charge in [0.1, 0.15) is 0 Å². The van der Waals surface area contributed by atoms with E-state index in [4.69, 9.17) is 9.97 Å². The fraction of sp³-hybridized carbons (Fsp3) is 0. The second-order valence-electron chi connectivity index (χ2n) is 13.8. The highest BCUT2D eigenvalue weighted by atomic mass is 32.1. The van der Waals surface area contributed by atoms with Crippen LogP contribution in [-0.4, -0.2) is 9.97 Å². The first-order valence-electron chi connectivity index (χ1n) is 18.6. The van der Waals surface area contributed by atoms with Gasteiger partial charge in [0.2, 0.25) is 0 Å². The first kappa shape index (κ1) is 32.7. The summed E-state index contributed by atoms with van der Waals surface area (Å²) < 4.78 is 2.32. The van der Waals surface area contributed by atoms with Gasteiger partial charge in [-0.15, -0.1) is 11.3 Å². The molecule has 0 radical (unpaired) electrons. The maximum absolute atomic E-state index is 5.32. The maximum Gasteiger partial charge on any atom is 0.160 e. The highest BCUT2D eigenvalue weighted by Gasteiger charge is 2.17. The fourth-order valence-electron chi connectivity index (χ4n) is 7.47. The van der Waals surface area contributed by atoms with Crippen LogP contribution in [0, 0.1) is 0 Å². The van der Waals surface area contributed by atoms with Crippen molar-refractivity contribution in [1.29, 1.82) is 0 Å². The van der Waals surface area contributed by atoms with Crippen molar-refractivity contribution in [2.45, 2.75) is 0 Å². The Balaban J connectivity index is 1.06. The van der Waals surface area contributed by atoms with Gasteiger partial charge in [0.25, 0.3) is 0 Å². The number of aromatic nitrogens is 2. The van der Waals surface area contributed by atoms with Crippen LogP contribution in [0.1, 0.15) is 0 Å². The van der Waals surface area contributed by atoms with Crippen molar-refractivity contribution < 1.29 is 0 Å². The van der Waals surface area contributed by atoms with Gasteiger partial charge in [-0.25, -0.2) is 9.97 Å². The van der Waals surface area contributed by atoms with Crippen LogP contribution in [0.2, 0.25) is 0 Å². The van der Waals surface area contributed by atoms with E-state index in [0.29, 0.717) is 0 Å². The van der Waals surface area contributed by atoms with E-state index in [2.05, 4.69) is 206 Å². The van der Waals surface area contributed by atoms with Gasteiger partial charge in [0.05, 0.1) is 15.9 Å². The second kappa shape index (κ2) is 14.1. The highest BCUT2D eigenvalue weighted by molar-refractivity contribution is 7.26. The van der Waals surface area contributed by atoms with E-state index in [1.807, 2.05) is 0 Å². The largest absolute Gasteiger partial charge is 0.226 e. The summed E-state index contributed by atoms with van der Waals surface area (Å²) in [6.45, 7) is 0. The SMILES string of the molecule is c1ccc(-c2ccc(-c3nc(-c4cccc(-c5cccc(-c6cc(-c7ccccc7)cc(-c7ccccc7)c6)c5)c4)nc4c3sc3ccccc34)cc2)cc1. The predicted octanol–water partition coefficient (Wildman–Crippen LogP) is 14.5. The molecule has 10 rings (SSSR count). The van der Waals surface area contributed by atoms with Gasteiger partial charge in [-0.05, 0) is 92.0 Å². The van der Waals surface area contributed by atoms with E-state index in [9.17, 15) is 0 Å². The molecule has 0 saturated heterocycles. The first-order chi connectivity index (χ1) is 27.2. The van der Waals surface area contributed by atoms with Gasteiger partial charge in [-0.2, -0.15) is 0 Å². The quantitative estimate of drug-likeness (QED) is 0.164. The van der Waals surface area contributed by atoms with Crippen LogP contribution in [0.4, 0.5) is 0 Å². The average molecular weight is 719 g/mol. The standard InChI is InChI=1S/C52H34N2S/c1-4-14-35(15-5-1)38-26-28-39(29-27-38)49-51-50(47-24-10-11-25-48(47)55-51)54-52(53-49)43-23-13-21-41(31-43)40-20-12-22-42(30-40)46-33-44(36-16-6-2-7-17-36)32-45(34-46)37-18-8-3-9-19-37/h1-34H. The molecule has 0 amide bonds. The molecule has 55 heavy (non-hydrogen) atoms.